The first-order valence-electron chi connectivity index (χ1n) is 9.01. The number of nitrogens with one attached hydrogen (secondary N) is 1. The van der Waals surface area contributed by atoms with Crippen LogP contribution in [-0.2, 0) is 16.1 Å². The number of aryl methyl sites for hydroxylation is 1. The Morgan fingerprint density at radius 2 is 1.79 bits per heavy atom. The van der Waals surface area contributed by atoms with Crippen LogP contribution < -0.4 is 14.8 Å². The van der Waals surface area contributed by atoms with Crippen LogP contribution in [0, 0.1) is 6.92 Å². The number of carbonyl (C=O) groups is 2. The summed E-state index contributed by atoms with van der Waals surface area (Å²) in [6.07, 6.45) is 1.78. The normalized spacial score (nSPS) is 15.8. The number of nitrogens with zero attached hydrogens (tertiary/aromatic N) is 2. The molecular formula is C22H20N3O3+. The molecule has 0 radical (unpaired) electrons. The number of carbonyl (C=O) groups excluding carboxylic acids is 2. The van der Waals surface area contributed by atoms with E-state index in [4.69, 9.17) is 0 Å². The molecule has 1 aliphatic heterocycles. The largest absolute Gasteiger partial charge is 0.506 e. The summed E-state index contributed by atoms with van der Waals surface area (Å²) in [4.78, 5) is 27.7. The highest BCUT2D eigenvalue weighted by Gasteiger charge is 2.44. The van der Waals surface area contributed by atoms with Crippen LogP contribution in [0.1, 0.15) is 17.3 Å². The van der Waals surface area contributed by atoms with Crippen LogP contribution in [0.5, 0.6) is 5.75 Å². The molecule has 4 rings (SSSR count). The van der Waals surface area contributed by atoms with Crippen molar-refractivity contribution in [2.24, 2.45) is 0 Å². The molecule has 0 saturated heterocycles. The first-order valence-corrected chi connectivity index (χ1v) is 9.01. The Hall–Kier alpha value is -3.67. The van der Waals surface area contributed by atoms with E-state index in [1.807, 2.05) is 49.4 Å². The molecule has 1 aromatic heterocycles. The van der Waals surface area contributed by atoms with Crippen LogP contribution in [-0.4, -0.2) is 16.9 Å². The van der Waals surface area contributed by atoms with Crippen molar-refractivity contribution < 1.29 is 19.3 Å². The van der Waals surface area contributed by atoms with Gasteiger partial charge < -0.3 is 10.4 Å². The number of benzene rings is 2. The van der Waals surface area contributed by atoms with Gasteiger partial charge in [-0.25, -0.2) is 0 Å². The standard InChI is InChI=1S/C22H19N3O3/c1-15-8-2-3-9-16(15)23-22(28)21-18-11-6-7-13-24(18)14-20(27)25(21)17-10-4-5-12-19(17)26/h2-13,21H,14H2,1H3,(H-,23,26,28)/p+1. The van der Waals surface area contributed by atoms with Gasteiger partial charge in [0.25, 0.3) is 11.8 Å². The van der Waals surface area contributed by atoms with Gasteiger partial charge in [-0.2, -0.15) is 4.57 Å². The first-order chi connectivity index (χ1) is 13.6. The summed E-state index contributed by atoms with van der Waals surface area (Å²) < 4.78 is 1.76. The average molecular weight is 374 g/mol. The van der Waals surface area contributed by atoms with Crippen molar-refractivity contribution in [3.63, 3.8) is 0 Å². The van der Waals surface area contributed by atoms with Gasteiger partial charge in [0.1, 0.15) is 5.75 Å². The number of hydrogen-bond acceptors (Lipinski definition) is 3. The van der Waals surface area contributed by atoms with Crippen molar-refractivity contribution in [3.8, 4) is 5.75 Å². The lowest BCUT2D eigenvalue weighted by atomic mass is 10.0. The summed E-state index contributed by atoms with van der Waals surface area (Å²) in [5, 5.41) is 13.3. The van der Waals surface area contributed by atoms with E-state index in [0.717, 1.165) is 5.56 Å². The van der Waals surface area contributed by atoms with Crippen molar-refractivity contribution in [3.05, 3.63) is 84.2 Å². The lowest BCUT2D eigenvalue weighted by Crippen LogP contribution is -2.58. The second kappa shape index (κ2) is 7.15. The summed E-state index contributed by atoms with van der Waals surface area (Å²) in [5.41, 5.74) is 2.60. The third-order valence-corrected chi connectivity index (χ3v) is 4.88. The van der Waals surface area contributed by atoms with Crippen LogP contribution in [0.2, 0.25) is 0 Å². The fourth-order valence-electron chi connectivity index (χ4n) is 3.49. The average Bonchev–Trinajstić information content (AvgIpc) is 2.69. The Morgan fingerprint density at radius 3 is 2.57 bits per heavy atom. The summed E-state index contributed by atoms with van der Waals surface area (Å²) in [7, 11) is 0. The first kappa shape index (κ1) is 17.7. The van der Waals surface area contributed by atoms with Gasteiger partial charge in [-0.05, 0) is 30.7 Å². The number of hydrogen-bond donors (Lipinski definition) is 2. The molecular weight excluding hydrogens is 354 g/mol. The van der Waals surface area contributed by atoms with Gasteiger partial charge >= 0.3 is 0 Å². The molecule has 1 unspecified atom stereocenters. The monoisotopic (exact) mass is 374 g/mol. The van der Waals surface area contributed by atoms with Gasteiger partial charge in [-0.3, -0.25) is 14.5 Å². The molecule has 1 atom stereocenters. The lowest BCUT2D eigenvalue weighted by Gasteiger charge is -2.32. The molecule has 0 saturated carbocycles. The molecule has 1 aliphatic rings. The predicted octanol–water partition coefficient (Wildman–Crippen LogP) is 2.71. The zero-order valence-corrected chi connectivity index (χ0v) is 15.4. The molecule has 0 bridgehead atoms. The Bertz CT molecular complexity index is 1060. The van der Waals surface area contributed by atoms with Gasteiger partial charge in [0.05, 0.1) is 5.69 Å². The Balaban J connectivity index is 1.81. The number of fused-ring (bicyclic) bond motifs is 1. The second-order valence-electron chi connectivity index (χ2n) is 6.71. The Morgan fingerprint density at radius 1 is 1.07 bits per heavy atom. The number of aromatic nitrogens is 1. The smallest absolute Gasteiger partial charge is 0.294 e. The summed E-state index contributed by atoms with van der Waals surface area (Å²) in [5.74, 6) is -0.658. The molecule has 0 fully saturated rings. The second-order valence-corrected chi connectivity index (χ2v) is 6.71. The molecule has 6 heteroatoms. The predicted molar refractivity (Wildman–Crippen MR) is 105 cm³/mol. The van der Waals surface area contributed by atoms with E-state index < -0.39 is 6.04 Å². The van der Waals surface area contributed by atoms with Crippen LogP contribution in [0.15, 0.2) is 72.9 Å². The fourth-order valence-corrected chi connectivity index (χ4v) is 3.49. The van der Waals surface area contributed by atoms with Crippen molar-refractivity contribution in [2.75, 3.05) is 10.2 Å². The van der Waals surface area contributed by atoms with Crippen molar-refractivity contribution in [1.82, 2.24) is 0 Å². The van der Waals surface area contributed by atoms with Gasteiger partial charge in [0.15, 0.2) is 6.20 Å². The van der Waals surface area contributed by atoms with Gasteiger partial charge in [0.2, 0.25) is 18.3 Å². The van der Waals surface area contributed by atoms with E-state index in [1.54, 1.807) is 29.0 Å². The highest BCUT2D eigenvalue weighted by molar-refractivity contribution is 6.06. The third-order valence-electron chi connectivity index (χ3n) is 4.88. The number of amides is 2. The van der Waals surface area contributed by atoms with Crippen molar-refractivity contribution in [1.29, 1.82) is 0 Å². The zero-order valence-electron chi connectivity index (χ0n) is 15.4. The molecule has 6 nitrogen and oxygen atoms in total. The summed E-state index contributed by atoms with van der Waals surface area (Å²) >= 11 is 0. The summed E-state index contributed by atoms with van der Waals surface area (Å²) in [6.45, 7) is 2.00. The molecule has 0 spiro atoms. The minimum absolute atomic E-state index is 0.0473. The van der Waals surface area contributed by atoms with Gasteiger partial charge in [0, 0.05) is 17.8 Å². The number of rotatable bonds is 3. The quantitative estimate of drug-likeness (QED) is 0.693. The highest BCUT2D eigenvalue weighted by atomic mass is 16.3. The van der Waals surface area contributed by atoms with E-state index in [1.165, 1.54) is 11.0 Å². The maximum absolute atomic E-state index is 13.3. The van der Waals surface area contributed by atoms with E-state index in [0.29, 0.717) is 17.1 Å². The molecule has 3 aromatic rings. The number of phenolic OH excluding ortho intramolecular Hbond substituents is 1. The molecule has 2 aromatic carbocycles. The third kappa shape index (κ3) is 3.09. The summed E-state index contributed by atoms with van der Waals surface area (Å²) in [6, 6.07) is 18.6. The molecule has 2 N–H and O–H groups in total. The number of anilines is 2. The number of aromatic hydroxyl groups is 1. The molecule has 2 heterocycles. The topological polar surface area (TPSA) is 73.5 Å². The maximum Gasteiger partial charge on any atom is 0.294 e. The molecule has 0 aliphatic carbocycles. The van der Waals surface area contributed by atoms with Crippen molar-refractivity contribution in [2.45, 2.75) is 19.5 Å². The van der Waals surface area contributed by atoms with E-state index in [-0.39, 0.29) is 24.1 Å². The van der Waals surface area contributed by atoms with E-state index in [2.05, 4.69) is 5.32 Å². The molecule has 28 heavy (non-hydrogen) atoms. The Kier molecular flexibility index (Phi) is 4.53. The van der Waals surface area contributed by atoms with Crippen LogP contribution in [0.25, 0.3) is 0 Å². The SMILES string of the molecule is Cc1ccccc1NC(=O)C1c2cccc[n+]2CC(=O)N1c1ccccc1O. The maximum atomic E-state index is 13.3. The zero-order chi connectivity index (χ0) is 19.7. The van der Waals surface area contributed by atoms with Crippen LogP contribution in [0.4, 0.5) is 11.4 Å². The van der Waals surface area contributed by atoms with Crippen LogP contribution >= 0.6 is 0 Å². The van der Waals surface area contributed by atoms with E-state index >= 15 is 0 Å². The molecule has 2 amide bonds. The number of phenols is 1. The Labute approximate surface area is 162 Å². The fraction of sp³-hybridized carbons (Fsp3) is 0.136. The van der Waals surface area contributed by atoms with E-state index in [9.17, 15) is 14.7 Å². The minimum Gasteiger partial charge on any atom is -0.506 e. The molecule has 140 valence electrons. The number of para-hydroxylation sites is 3. The van der Waals surface area contributed by atoms with Crippen molar-refractivity contribution >= 4 is 23.2 Å². The van der Waals surface area contributed by atoms with Gasteiger partial charge in [-0.15, -0.1) is 0 Å². The van der Waals surface area contributed by atoms with Crippen LogP contribution in [0.3, 0.4) is 0 Å². The van der Waals surface area contributed by atoms with Gasteiger partial charge in [-0.1, -0.05) is 36.4 Å². The lowest BCUT2D eigenvalue weighted by molar-refractivity contribution is -0.695. The minimum atomic E-state index is -0.907. The number of pyridine rings is 1. The highest BCUT2D eigenvalue weighted by Crippen LogP contribution is 2.35.